The highest BCUT2D eigenvalue weighted by Gasteiger charge is 2.35. The van der Waals surface area contributed by atoms with E-state index in [4.69, 9.17) is 15.7 Å². The second-order valence-electron chi connectivity index (χ2n) is 7.64. The highest BCUT2D eigenvalue weighted by molar-refractivity contribution is 6.04. The number of non-ortho nitro benzene ring substituents is 1. The van der Waals surface area contributed by atoms with E-state index in [1.807, 2.05) is 6.92 Å². The highest BCUT2D eigenvalue weighted by atomic mass is 16.6. The third kappa shape index (κ3) is 4.17. The van der Waals surface area contributed by atoms with Crippen molar-refractivity contribution in [3.8, 4) is 12.3 Å². The van der Waals surface area contributed by atoms with Crippen LogP contribution in [0.3, 0.4) is 0 Å². The Hall–Kier alpha value is -3.27. The van der Waals surface area contributed by atoms with Crippen molar-refractivity contribution in [1.82, 2.24) is 0 Å². The van der Waals surface area contributed by atoms with Gasteiger partial charge in [-0.15, -0.1) is 6.42 Å². The molecular formula is C21H23N3O4. The van der Waals surface area contributed by atoms with E-state index in [1.165, 1.54) is 12.1 Å². The number of fused-ring (bicyclic) bond motifs is 1. The second-order valence-corrected chi connectivity index (χ2v) is 7.64. The first-order valence-electron chi connectivity index (χ1n) is 9.03. The fraction of sp³-hybridized carbons (Fsp3) is 0.381. The minimum Gasteiger partial charge on any atom is -0.463 e. The number of nitrogens with zero attached hydrogens (tertiary/aromatic N) is 2. The fourth-order valence-corrected chi connectivity index (χ4v) is 3.47. The summed E-state index contributed by atoms with van der Waals surface area (Å²) < 4.78 is 6.14. The lowest BCUT2D eigenvalue weighted by atomic mass is 9.75. The lowest BCUT2D eigenvalue weighted by molar-refractivity contribution is -0.384. The van der Waals surface area contributed by atoms with Crippen LogP contribution in [0.2, 0.25) is 0 Å². The van der Waals surface area contributed by atoms with E-state index in [-0.39, 0.29) is 17.7 Å². The normalized spacial score (nSPS) is 16.3. The van der Waals surface area contributed by atoms with E-state index in [0.717, 1.165) is 41.2 Å². The molecule has 1 aliphatic rings. The van der Waals surface area contributed by atoms with Crippen LogP contribution in [0.5, 0.6) is 0 Å². The Labute approximate surface area is 163 Å². The molecule has 7 heteroatoms. The topological polar surface area (TPSA) is 89.9 Å². The molecular weight excluding hydrogens is 358 g/mol. The summed E-state index contributed by atoms with van der Waals surface area (Å²) in [6, 6.07) is 6.40. The molecule has 0 amide bonds. The molecule has 0 bridgehead atoms. The monoisotopic (exact) mass is 381 g/mol. The predicted octanol–water partition coefficient (Wildman–Crippen LogP) is 4.43. The zero-order chi connectivity index (χ0) is 20.3. The number of nitrogens with one attached hydrogen (secondary N) is 1. The molecule has 0 spiro atoms. The third-order valence-corrected chi connectivity index (χ3v) is 4.72. The molecule has 1 heterocycles. The van der Waals surface area contributed by atoms with E-state index < -0.39 is 4.92 Å². The van der Waals surface area contributed by atoms with Crippen molar-refractivity contribution in [3.63, 3.8) is 0 Å². The number of oxime groups is 1. The van der Waals surface area contributed by atoms with Gasteiger partial charge in [0, 0.05) is 35.4 Å². The van der Waals surface area contributed by atoms with Gasteiger partial charge in [0.15, 0.2) is 6.61 Å². The van der Waals surface area contributed by atoms with Gasteiger partial charge in [0.25, 0.3) is 5.69 Å². The van der Waals surface area contributed by atoms with Gasteiger partial charge in [0.2, 0.25) is 0 Å². The Balaban J connectivity index is 1.85. The number of nitro groups is 1. The minimum atomic E-state index is -0.414. The van der Waals surface area contributed by atoms with Crippen LogP contribution >= 0.6 is 0 Å². The number of furan rings is 1. The van der Waals surface area contributed by atoms with Crippen molar-refractivity contribution in [1.29, 1.82) is 0 Å². The quantitative estimate of drug-likeness (QED) is 0.346. The van der Waals surface area contributed by atoms with Crippen LogP contribution in [0, 0.1) is 34.8 Å². The summed E-state index contributed by atoms with van der Waals surface area (Å²) in [7, 11) is 0. The van der Waals surface area contributed by atoms with Gasteiger partial charge in [-0.2, -0.15) is 0 Å². The largest absolute Gasteiger partial charge is 0.463 e. The molecule has 146 valence electrons. The lowest BCUT2D eigenvalue weighted by Crippen LogP contribution is -2.27. The first-order chi connectivity index (χ1) is 13.3. The maximum absolute atomic E-state index is 10.9. The van der Waals surface area contributed by atoms with Gasteiger partial charge in [0.1, 0.15) is 11.5 Å². The highest BCUT2D eigenvalue weighted by Crippen LogP contribution is 2.39. The summed E-state index contributed by atoms with van der Waals surface area (Å²) in [5, 5.41) is 18.4. The number of benzene rings is 1. The molecule has 0 unspecified atom stereocenters. The Morgan fingerprint density at radius 2 is 2.21 bits per heavy atom. The van der Waals surface area contributed by atoms with E-state index in [0.29, 0.717) is 12.2 Å². The molecule has 0 aliphatic heterocycles. The Morgan fingerprint density at radius 3 is 2.93 bits per heavy atom. The van der Waals surface area contributed by atoms with E-state index in [9.17, 15) is 10.1 Å². The standard InChI is InChI=1S/C21H23N3O4/c1-5-9-27-23-17-11-21(3,4)12-18-20(17)14(2)19(28-18)13-22-15-7-6-8-16(10-15)24(25)26/h1,6-8,10,22H,9,11-13H2,2-4H3/b23-17+. The van der Waals surface area contributed by atoms with Crippen molar-refractivity contribution in [2.75, 3.05) is 11.9 Å². The molecule has 28 heavy (non-hydrogen) atoms. The van der Waals surface area contributed by atoms with Gasteiger partial charge < -0.3 is 14.6 Å². The maximum Gasteiger partial charge on any atom is 0.271 e. The SMILES string of the molecule is C#CCO/N=C1\CC(C)(C)Cc2oc(CNc3cccc([N+](=O)[O-])c3)c(C)c21. The molecule has 1 N–H and O–H groups in total. The number of nitro benzene ring substituents is 1. The minimum absolute atomic E-state index is 0.000368. The van der Waals surface area contributed by atoms with Crippen LogP contribution in [0.25, 0.3) is 0 Å². The molecule has 1 aromatic heterocycles. The predicted molar refractivity (Wildman–Crippen MR) is 107 cm³/mol. The van der Waals surface area contributed by atoms with Crippen LogP contribution in [0.1, 0.15) is 42.9 Å². The molecule has 0 radical (unpaired) electrons. The van der Waals surface area contributed by atoms with Gasteiger partial charge in [0.05, 0.1) is 17.2 Å². The third-order valence-electron chi connectivity index (χ3n) is 4.72. The summed E-state index contributed by atoms with van der Waals surface area (Å²) in [5.41, 5.74) is 3.51. The molecule has 3 rings (SSSR count). The average Bonchev–Trinajstić information content (AvgIpc) is 2.94. The first kappa shape index (κ1) is 19.5. The van der Waals surface area contributed by atoms with Gasteiger partial charge in [-0.1, -0.05) is 31.0 Å². The molecule has 1 aliphatic carbocycles. The second kappa shape index (κ2) is 7.77. The van der Waals surface area contributed by atoms with Crippen molar-refractivity contribution in [3.05, 3.63) is 57.0 Å². The molecule has 0 atom stereocenters. The summed E-state index contributed by atoms with van der Waals surface area (Å²) in [6.07, 6.45) is 6.80. The summed E-state index contributed by atoms with van der Waals surface area (Å²) in [6.45, 7) is 6.84. The van der Waals surface area contributed by atoms with Gasteiger partial charge >= 0.3 is 0 Å². The smallest absolute Gasteiger partial charge is 0.271 e. The number of hydrogen-bond donors (Lipinski definition) is 1. The van der Waals surface area contributed by atoms with Crippen LogP contribution in [0.4, 0.5) is 11.4 Å². The summed E-state index contributed by atoms with van der Waals surface area (Å²) >= 11 is 0. The van der Waals surface area contributed by atoms with Crippen LogP contribution in [-0.4, -0.2) is 17.2 Å². The fourth-order valence-electron chi connectivity index (χ4n) is 3.47. The molecule has 0 fully saturated rings. The average molecular weight is 381 g/mol. The molecule has 1 aromatic carbocycles. The van der Waals surface area contributed by atoms with Crippen LogP contribution < -0.4 is 5.32 Å². The Kier molecular flexibility index (Phi) is 5.41. The van der Waals surface area contributed by atoms with Crippen molar-refractivity contribution in [2.24, 2.45) is 10.6 Å². The van der Waals surface area contributed by atoms with E-state index in [2.05, 4.69) is 30.2 Å². The number of anilines is 1. The number of terminal acetylenes is 1. The lowest BCUT2D eigenvalue weighted by Gasteiger charge is -2.29. The van der Waals surface area contributed by atoms with Crippen LogP contribution in [0.15, 0.2) is 33.8 Å². The van der Waals surface area contributed by atoms with E-state index >= 15 is 0 Å². The first-order valence-corrected chi connectivity index (χ1v) is 9.03. The molecule has 2 aromatic rings. The van der Waals surface area contributed by atoms with Crippen molar-refractivity contribution in [2.45, 2.75) is 40.2 Å². The maximum atomic E-state index is 10.9. The van der Waals surface area contributed by atoms with Gasteiger partial charge in [-0.3, -0.25) is 10.1 Å². The van der Waals surface area contributed by atoms with Gasteiger partial charge in [-0.25, -0.2) is 0 Å². The van der Waals surface area contributed by atoms with Crippen molar-refractivity contribution < 1.29 is 14.2 Å². The zero-order valence-corrected chi connectivity index (χ0v) is 16.2. The summed E-state index contributed by atoms with van der Waals surface area (Å²) in [4.78, 5) is 15.8. The Bertz CT molecular complexity index is 967. The zero-order valence-electron chi connectivity index (χ0n) is 16.2. The van der Waals surface area contributed by atoms with Gasteiger partial charge in [-0.05, 0) is 24.8 Å². The number of rotatable bonds is 6. The Morgan fingerprint density at radius 1 is 1.43 bits per heavy atom. The summed E-state index contributed by atoms with van der Waals surface area (Å²) in [5.74, 6) is 4.07. The van der Waals surface area contributed by atoms with Crippen LogP contribution in [-0.2, 0) is 17.8 Å². The van der Waals surface area contributed by atoms with E-state index in [1.54, 1.807) is 12.1 Å². The molecule has 0 saturated carbocycles. The number of hydrogen-bond acceptors (Lipinski definition) is 6. The molecule has 0 saturated heterocycles. The van der Waals surface area contributed by atoms with Crippen molar-refractivity contribution >= 4 is 17.1 Å². The molecule has 7 nitrogen and oxygen atoms in total.